The van der Waals surface area contributed by atoms with Gasteiger partial charge in [-0.1, -0.05) is 0 Å². The number of hydrogen-bond acceptors (Lipinski definition) is 6. The minimum absolute atomic E-state index is 0. The van der Waals surface area contributed by atoms with Crippen LogP contribution in [0.15, 0.2) is 16.3 Å². The van der Waals surface area contributed by atoms with Crippen LogP contribution in [0, 0.1) is 0 Å². The van der Waals surface area contributed by atoms with Gasteiger partial charge in [0.25, 0.3) is 0 Å². The Labute approximate surface area is 142 Å². The molecule has 90 valence electrons. The summed E-state index contributed by atoms with van der Waals surface area (Å²) in [5.74, 6) is -0.839. The van der Waals surface area contributed by atoms with E-state index in [0.717, 1.165) is 6.21 Å². The Morgan fingerprint density at radius 1 is 1.41 bits per heavy atom. The number of Topliss-reactive ketones (excluding diaryl/α,β-unsaturated/α-hetero) is 1. The van der Waals surface area contributed by atoms with Gasteiger partial charge in [0.2, 0.25) is 0 Å². The van der Waals surface area contributed by atoms with Crippen molar-refractivity contribution in [3.05, 3.63) is 11.3 Å². The van der Waals surface area contributed by atoms with Gasteiger partial charge in [0, 0.05) is 19.1 Å². The topological polar surface area (TPSA) is 107 Å². The number of aliphatic hydroxyl groups excluding tert-OH is 1. The molecule has 0 fully saturated rings. The first-order valence-electron chi connectivity index (χ1n) is 4.79. The zero-order valence-corrected chi connectivity index (χ0v) is 13.5. The van der Waals surface area contributed by atoms with E-state index < -0.39 is 15.9 Å². The molecular weight excluding hydrogens is 273 g/mol. The van der Waals surface area contributed by atoms with E-state index in [2.05, 4.69) is 4.99 Å². The molecule has 0 unspecified atom stereocenters. The Hall–Kier alpha value is 0.426. The van der Waals surface area contributed by atoms with Crippen molar-refractivity contribution in [3.63, 3.8) is 0 Å². The Morgan fingerprint density at radius 2 is 2.06 bits per heavy atom. The van der Waals surface area contributed by atoms with Crippen LogP contribution in [0.1, 0.15) is 19.3 Å². The van der Waals surface area contributed by atoms with Gasteiger partial charge in [0.15, 0.2) is 5.78 Å². The van der Waals surface area contributed by atoms with Gasteiger partial charge < -0.3 is 9.66 Å². The van der Waals surface area contributed by atoms with Gasteiger partial charge in [0.05, 0.1) is 28.0 Å². The number of hydrogen-bond donors (Lipinski definition) is 1. The van der Waals surface area contributed by atoms with Gasteiger partial charge in [-0.25, -0.2) is 8.42 Å². The second-order valence-corrected chi connectivity index (χ2v) is 4.96. The van der Waals surface area contributed by atoms with E-state index in [1.54, 1.807) is 0 Å². The minimum Gasteiger partial charge on any atom is -0.748 e. The summed E-state index contributed by atoms with van der Waals surface area (Å²) >= 11 is 0. The molecule has 0 spiro atoms. The molecule has 0 amide bonds. The van der Waals surface area contributed by atoms with Crippen molar-refractivity contribution in [2.24, 2.45) is 4.99 Å². The summed E-state index contributed by atoms with van der Waals surface area (Å²) in [5, 5.41) is 9.39. The third-order valence-electron chi connectivity index (χ3n) is 2.12. The first-order valence-corrected chi connectivity index (χ1v) is 6.36. The number of nitrogens with zero attached hydrogens (tertiary/aromatic N) is 1. The number of rotatable bonds is 4. The van der Waals surface area contributed by atoms with Crippen molar-refractivity contribution in [2.75, 3.05) is 12.3 Å². The monoisotopic (exact) mass is 285 g/mol. The van der Waals surface area contributed by atoms with Crippen LogP contribution in [0.3, 0.4) is 0 Å². The standard InChI is InChI=1S/C9H13NO5S.K/c11-8-2-1-3-9(12)7(8)6-10-4-5-16(13,14)15;/h6,11H,1-5H2,(H,13,14,15);/q;+1/p-1. The van der Waals surface area contributed by atoms with Crippen LogP contribution in [-0.4, -0.2) is 42.4 Å². The van der Waals surface area contributed by atoms with E-state index in [0.29, 0.717) is 19.3 Å². The van der Waals surface area contributed by atoms with Crippen molar-refractivity contribution < 1.29 is 74.3 Å². The molecule has 0 saturated heterocycles. The van der Waals surface area contributed by atoms with Crippen LogP contribution in [0.4, 0.5) is 0 Å². The molecule has 8 heteroatoms. The number of carbonyl (C=O) groups excluding carboxylic acids is 1. The fourth-order valence-electron chi connectivity index (χ4n) is 1.31. The molecule has 1 N–H and O–H groups in total. The first kappa shape index (κ1) is 17.4. The molecule has 17 heavy (non-hydrogen) atoms. The summed E-state index contributed by atoms with van der Waals surface area (Å²) in [4.78, 5) is 14.9. The molecule has 1 aliphatic carbocycles. The SMILES string of the molecule is O=C1CCCC(O)=C1C=NCCS(=O)(=O)[O-].[K+]. The van der Waals surface area contributed by atoms with Gasteiger partial charge in [-0.15, -0.1) is 0 Å². The van der Waals surface area contributed by atoms with Gasteiger partial charge in [-0.05, 0) is 6.42 Å². The van der Waals surface area contributed by atoms with Crippen molar-refractivity contribution in [2.45, 2.75) is 19.3 Å². The van der Waals surface area contributed by atoms with Crippen molar-refractivity contribution in [3.8, 4) is 0 Å². The molecule has 0 aliphatic heterocycles. The van der Waals surface area contributed by atoms with Crippen LogP contribution in [0.2, 0.25) is 0 Å². The van der Waals surface area contributed by atoms with E-state index in [1.165, 1.54) is 0 Å². The van der Waals surface area contributed by atoms with E-state index in [1.807, 2.05) is 0 Å². The zero-order valence-electron chi connectivity index (χ0n) is 9.55. The predicted molar refractivity (Wildman–Crippen MR) is 56.4 cm³/mol. The third-order valence-corrected chi connectivity index (χ3v) is 2.80. The molecule has 0 aromatic heterocycles. The molecule has 0 radical (unpaired) electrons. The second kappa shape index (κ2) is 7.77. The number of carbonyl (C=O) groups is 1. The largest absolute Gasteiger partial charge is 1.00 e. The average molecular weight is 285 g/mol. The van der Waals surface area contributed by atoms with Crippen molar-refractivity contribution in [1.82, 2.24) is 0 Å². The first-order chi connectivity index (χ1) is 7.40. The molecule has 0 bridgehead atoms. The van der Waals surface area contributed by atoms with Crippen LogP contribution < -0.4 is 51.4 Å². The Morgan fingerprint density at radius 3 is 2.59 bits per heavy atom. The summed E-state index contributed by atoms with van der Waals surface area (Å²) in [6, 6.07) is 0. The maximum Gasteiger partial charge on any atom is 1.00 e. The quantitative estimate of drug-likeness (QED) is 0.340. The smallest absolute Gasteiger partial charge is 0.748 e. The number of aliphatic hydroxyl groups is 1. The summed E-state index contributed by atoms with van der Waals surface area (Å²) in [6.07, 6.45) is 2.52. The van der Waals surface area contributed by atoms with E-state index in [9.17, 15) is 22.9 Å². The Balaban J connectivity index is 0.00000256. The summed E-state index contributed by atoms with van der Waals surface area (Å²) in [6.45, 7) is -0.199. The summed E-state index contributed by atoms with van der Waals surface area (Å²) < 4.78 is 30.8. The number of ketones is 1. The predicted octanol–water partition coefficient (Wildman–Crippen LogP) is -2.83. The molecule has 0 heterocycles. The fraction of sp³-hybridized carbons (Fsp3) is 0.556. The minimum atomic E-state index is -4.28. The molecule has 0 aromatic rings. The Bertz CT molecular complexity index is 440. The molecule has 0 aromatic carbocycles. The fourth-order valence-corrected chi connectivity index (χ4v) is 1.64. The molecule has 0 atom stereocenters. The molecule has 1 aliphatic rings. The van der Waals surface area contributed by atoms with Gasteiger partial charge in [-0.2, -0.15) is 0 Å². The number of aliphatic imine (C=N–C) groups is 1. The van der Waals surface area contributed by atoms with Gasteiger partial charge in [-0.3, -0.25) is 9.79 Å². The van der Waals surface area contributed by atoms with E-state index >= 15 is 0 Å². The van der Waals surface area contributed by atoms with Crippen molar-refractivity contribution in [1.29, 1.82) is 0 Å². The third kappa shape index (κ3) is 6.80. The second-order valence-electron chi connectivity index (χ2n) is 3.43. The molecule has 1 rings (SSSR count). The van der Waals surface area contributed by atoms with Gasteiger partial charge >= 0.3 is 51.4 Å². The van der Waals surface area contributed by atoms with E-state index in [-0.39, 0.29) is 75.0 Å². The molecule has 6 nitrogen and oxygen atoms in total. The van der Waals surface area contributed by atoms with Crippen LogP contribution in [0.25, 0.3) is 0 Å². The average Bonchev–Trinajstić information content (AvgIpc) is 2.14. The van der Waals surface area contributed by atoms with E-state index in [4.69, 9.17) is 0 Å². The summed E-state index contributed by atoms with van der Waals surface area (Å²) in [7, 11) is -4.28. The van der Waals surface area contributed by atoms with Crippen LogP contribution >= 0.6 is 0 Å². The van der Waals surface area contributed by atoms with Gasteiger partial charge in [0.1, 0.15) is 5.76 Å². The summed E-state index contributed by atoms with van der Waals surface area (Å²) in [5.41, 5.74) is 0.120. The van der Waals surface area contributed by atoms with Crippen LogP contribution in [0.5, 0.6) is 0 Å². The van der Waals surface area contributed by atoms with Crippen molar-refractivity contribution >= 4 is 22.1 Å². The molecule has 0 saturated carbocycles. The normalized spacial score (nSPS) is 17.4. The zero-order chi connectivity index (χ0) is 12.2. The Kier molecular flexibility index (Phi) is 7.97. The molecular formula is C9H12KNO5S. The number of allylic oxidation sites excluding steroid dienone is 2. The maximum absolute atomic E-state index is 11.3. The maximum atomic E-state index is 11.3. The van der Waals surface area contributed by atoms with Crippen LogP contribution in [-0.2, 0) is 14.9 Å².